The average Bonchev–Trinajstić information content (AvgIpc) is 2.58. The predicted octanol–water partition coefficient (Wildman–Crippen LogP) is 2.28. The topological polar surface area (TPSA) is 12.9 Å². The van der Waals surface area contributed by atoms with Crippen molar-refractivity contribution in [3.8, 4) is 0 Å². The SMILES string of the molecule is [c]1cc([SH]2C=CC=C2)ccn1. The van der Waals surface area contributed by atoms with Gasteiger partial charge in [0.25, 0.3) is 0 Å². The van der Waals surface area contributed by atoms with Crippen molar-refractivity contribution in [2.45, 2.75) is 4.90 Å². The van der Waals surface area contributed by atoms with Gasteiger partial charge in [-0.2, -0.15) is 10.9 Å². The summed E-state index contributed by atoms with van der Waals surface area (Å²) < 4.78 is 0. The third-order valence-electron chi connectivity index (χ3n) is 1.51. The summed E-state index contributed by atoms with van der Waals surface area (Å²) in [6.45, 7) is 0. The fourth-order valence-corrected chi connectivity index (χ4v) is 2.43. The molecule has 0 amide bonds. The molecule has 0 bridgehead atoms. The van der Waals surface area contributed by atoms with Crippen molar-refractivity contribution < 1.29 is 0 Å². The average molecular weight is 162 g/mol. The van der Waals surface area contributed by atoms with E-state index in [0.29, 0.717) is 0 Å². The number of nitrogens with zero attached hydrogens (tertiary/aromatic N) is 1. The zero-order valence-corrected chi connectivity index (χ0v) is 6.83. The molecule has 1 radical (unpaired) electrons. The van der Waals surface area contributed by atoms with Crippen LogP contribution < -0.4 is 0 Å². The van der Waals surface area contributed by atoms with E-state index in [4.69, 9.17) is 0 Å². The smallest absolute Gasteiger partial charge is 0.0897 e. The molecule has 0 aromatic carbocycles. The first-order valence-corrected chi connectivity index (χ1v) is 4.90. The predicted molar refractivity (Wildman–Crippen MR) is 48.6 cm³/mol. The van der Waals surface area contributed by atoms with Crippen LogP contribution in [0.3, 0.4) is 0 Å². The molecule has 0 N–H and O–H groups in total. The Morgan fingerprint density at radius 2 is 2.09 bits per heavy atom. The molecule has 55 valence electrons. The van der Waals surface area contributed by atoms with Gasteiger partial charge in [0.2, 0.25) is 0 Å². The van der Waals surface area contributed by atoms with Gasteiger partial charge in [-0.25, -0.2) is 0 Å². The molecule has 0 aliphatic carbocycles. The van der Waals surface area contributed by atoms with Crippen LogP contribution in [0.25, 0.3) is 0 Å². The van der Waals surface area contributed by atoms with E-state index in [1.807, 2.05) is 12.1 Å². The Hall–Kier alpha value is -1.02. The van der Waals surface area contributed by atoms with E-state index in [9.17, 15) is 0 Å². The Labute approximate surface area is 68.8 Å². The van der Waals surface area contributed by atoms with E-state index in [1.54, 1.807) is 6.20 Å². The highest BCUT2D eigenvalue weighted by Crippen LogP contribution is 2.40. The van der Waals surface area contributed by atoms with Gasteiger partial charge in [0.05, 0.1) is 6.20 Å². The minimum Gasteiger partial charge on any atom is -0.255 e. The normalized spacial score (nSPS) is 17.6. The summed E-state index contributed by atoms with van der Waals surface area (Å²) in [7, 11) is -0.173. The third-order valence-corrected chi connectivity index (χ3v) is 3.37. The first-order valence-electron chi connectivity index (χ1n) is 3.42. The zero-order valence-electron chi connectivity index (χ0n) is 5.94. The standard InChI is InChI=1S/C9H8NS/c1-2-8-11(7-1)9-3-5-10-6-4-9/h1-5,7-8,11H. The molecule has 0 saturated carbocycles. The molecule has 2 heteroatoms. The molecule has 0 fully saturated rings. The number of aromatic nitrogens is 1. The number of hydrogen-bond acceptors (Lipinski definition) is 1. The first-order chi connectivity index (χ1) is 5.47. The van der Waals surface area contributed by atoms with Crippen molar-refractivity contribution >= 4 is 10.9 Å². The molecule has 2 heterocycles. The van der Waals surface area contributed by atoms with Gasteiger partial charge in [0, 0.05) is 6.20 Å². The van der Waals surface area contributed by atoms with E-state index in [2.05, 4.69) is 34.1 Å². The summed E-state index contributed by atoms with van der Waals surface area (Å²) in [5.41, 5.74) is 0. The fourth-order valence-electron chi connectivity index (χ4n) is 0.975. The molecule has 1 nitrogen and oxygen atoms in total. The van der Waals surface area contributed by atoms with Crippen molar-refractivity contribution in [2.75, 3.05) is 0 Å². The molecule has 1 aliphatic rings. The molecule has 1 aliphatic heterocycles. The van der Waals surface area contributed by atoms with Crippen molar-refractivity contribution in [2.24, 2.45) is 0 Å². The lowest BCUT2D eigenvalue weighted by atomic mass is 10.5. The minimum absolute atomic E-state index is 0.173. The maximum Gasteiger partial charge on any atom is 0.0897 e. The quantitative estimate of drug-likeness (QED) is 0.625. The largest absolute Gasteiger partial charge is 0.255 e. The van der Waals surface area contributed by atoms with Crippen molar-refractivity contribution in [1.82, 2.24) is 4.98 Å². The Kier molecular flexibility index (Phi) is 1.78. The highest BCUT2D eigenvalue weighted by molar-refractivity contribution is 8.22. The molecular formula is C9H8NS. The second-order valence-corrected chi connectivity index (χ2v) is 4.16. The number of hydrogen-bond donors (Lipinski definition) is 1. The van der Waals surface area contributed by atoms with Gasteiger partial charge in [0.15, 0.2) is 0 Å². The number of pyridine rings is 1. The van der Waals surface area contributed by atoms with Crippen LogP contribution in [-0.2, 0) is 0 Å². The first kappa shape index (κ1) is 6.68. The Balaban J connectivity index is 2.30. The van der Waals surface area contributed by atoms with Crippen LogP contribution in [0.1, 0.15) is 0 Å². The van der Waals surface area contributed by atoms with Gasteiger partial charge in [-0.05, 0) is 27.8 Å². The summed E-state index contributed by atoms with van der Waals surface area (Å²) in [6, 6.07) is 3.99. The number of thiol groups is 1. The van der Waals surface area contributed by atoms with E-state index in [1.165, 1.54) is 4.90 Å². The number of allylic oxidation sites excluding steroid dienone is 2. The lowest BCUT2D eigenvalue weighted by Gasteiger charge is -2.07. The summed E-state index contributed by atoms with van der Waals surface area (Å²) in [4.78, 5) is 5.17. The molecule has 1 aromatic rings. The monoisotopic (exact) mass is 162 g/mol. The van der Waals surface area contributed by atoms with E-state index in [0.717, 1.165) is 0 Å². The fraction of sp³-hybridized carbons (Fsp3) is 0. The van der Waals surface area contributed by atoms with E-state index in [-0.39, 0.29) is 10.9 Å². The van der Waals surface area contributed by atoms with Crippen molar-refractivity contribution in [3.05, 3.63) is 47.5 Å². The van der Waals surface area contributed by atoms with Crippen LogP contribution >= 0.6 is 10.9 Å². The van der Waals surface area contributed by atoms with Gasteiger partial charge in [-0.15, -0.1) is 0 Å². The Morgan fingerprint density at radius 3 is 2.73 bits per heavy atom. The Morgan fingerprint density at radius 1 is 1.27 bits per heavy atom. The van der Waals surface area contributed by atoms with Crippen molar-refractivity contribution in [3.63, 3.8) is 0 Å². The van der Waals surface area contributed by atoms with Crippen LogP contribution in [0.2, 0.25) is 0 Å². The molecule has 0 unspecified atom stereocenters. The van der Waals surface area contributed by atoms with Crippen LogP contribution in [0.5, 0.6) is 0 Å². The third kappa shape index (κ3) is 1.35. The van der Waals surface area contributed by atoms with Gasteiger partial charge >= 0.3 is 0 Å². The van der Waals surface area contributed by atoms with Gasteiger partial charge < -0.3 is 0 Å². The van der Waals surface area contributed by atoms with E-state index >= 15 is 0 Å². The zero-order chi connectivity index (χ0) is 7.52. The lowest BCUT2D eigenvalue weighted by Crippen LogP contribution is -1.74. The van der Waals surface area contributed by atoms with Crippen LogP contribution in [0, 0.1) is 6.20 Å². The van der Waals surface area contributed by atoms with E-state index < -0.39 is 0 Å². The van der Waals surface area contributed by atoms with Crippen molar-refractivity contribution in [1.29, 1.82) is 0 Å². The second-order valence-electron chi connectivity index (χ2n) is 2.23. The number of rotatable bonds is 1. The summed E-state index contributed by atoms with van der Waals surface area (Å²) in [6.07, 6.45) is 8.80. The maximum absolute atomic E-state index is 3.85. The molecular weight excluding hydrogens is 154 g/mol. The minimum atomic E-state index is -0.173. The summed E-state index contributed by atoms with van der Waals surface area (Å²) in [5, 5.41) is 4.44. The molecule has 0 saturated heterocycles. The Bertz CT molecular complexity index is 278. The maximum atomic E-state index is 3.85. The van der Waals surface area contributed by atoms with Crippen LogP contribution in [0.15, 0.2) is 46.2 Å². The molecule has 0 spiro atoms. The van der Waals surface area contributed by atoms with Gasteiger partial charge in [-0.1, -0.05) is 12.2 Å². The molecule has 2 rings (SSSR count). The lowest BCUT2D eigenvalue weighted by molar-refractivity contribution is 1.25. The van der Waals surface area contributed by atoms with Crippen LogP contribution in [0.4, 0.5) is 0 Å². The van der Waals surface area contributed by atoms with Gasteiger partial charge in [0.1, 0.15) is 0 Å². The van der Waals surface area contributed by atoms with Gasteiger partial charge in [-0.3, -0.25) is 4.98 Å². The summed E-state index contributed by atoms with van der Waals surface area (Å²) in [5.74, 6) is 0. The summed E-state index contributed by atoms with van der Waals surface area (Å²) >= 11 is 0. The molecule has 0 atom stereocenters. The molecule has 11 heavy (non-hydrogen) atoms. The highest BCUT2D eigenvalue weighted by atomic mass is 32.2. The second kappa shape index (κ2) is 2.93. The van der Waals surface area contributed by atoms with Crippen LogP contribution in [-0.4, -0.2) is 4.98 Å². The highest BCUT2D eigenvalue weighted by Gasteiger charge is 2.00. The molecule has 1 aromatic heterocycles.